The maximum atomic E-state index is 14.0. The van der Waals surface area contributed by atoms with Gasteiger partial charge < -0.3 is 15.0 Å². The Morgan fingerprint density at radius 1 is 0.912 bits per heavy atom. The molecule has 5 nitrogen and oxygen atoms in total. The molecule has 1 N–H and O–H groups in total. The molecule has 2 amide bonds. The molecule has 0 heterocycles. The lowest BCUT2D eigenvalue weighted by Crippen LogP contribution is -2.52. The summed E-state index contributed by atoms with van der Waals surface area (Å²) in [6, 6.07) is 22.5. The zero-order chi connectivity index (χ0) is 24.5. The van der Waals surface area contributed by atoms with Gasteiger partial charge in [-0.3, -0.25) is 9.59 Å². The summed E-state index contributed by atoms with van der Waals surface area (Å²) >= 11 is 0. The number of aryl methyl sites for hydroxylation is 1. The molecule has 0 aliphatic rings. The van der Waals surface area contributed by atoms with Crippen LogP contribution in [0.2, 0.25) is 0 Å². The number of halogens is 1. The third-order valence-corrected chi connectivity index (χ3v) is 5.36. The Morgan fingerprint density at radius 3 is 2.21 bits per heavy atom. The highest BCUT2D eigenvalue weighted by molar-refractivity contribution is 5.88. The summed E-state index contributed by atoms with van der Waals surface area (Å²) in [5.74, 6) is -1.19. The Bertz CT molecular complexity index is 1080. The largest absolute Gasteiger partial charge is 0.481 e. The normalized spacial score (nSPS) is 11.7. The lowest BCUT2D eigenvalue weighted by molar-refractivity contribution is -0.143. The van der Waals surface area contributed by atoms with Crippen LogP contribution in [-0.2, 0) is 22.6 Å². The summed E-state index contributed by atoms with van der Waals surface area (Å²) in [6.07, 6.45) is 0.344. The van der Waals surface area contributed by atoms with Crippen LogP contribution in [0.25, 0.3) is 0 Å². The van der Waals surface area contributed by atoms with Crippen LogP contribution >= 0.6 is 0 Å². The molecule has 0 unspecified atom stereocenters. The van der Waals surface area contributed by atoms with Gasteiger partial charge >= 0.3 is 0 Å². The molecule has 0 saturated carbocycles. The highest BCUT2D eigenvalue weighted by Gasteiger charge is 2.31. The zero-order valence-electron chi connectivity index (χ0n) is 19.8. The predicted octanol–water partition coefficient (Wildman–Crippen LogP) is 4.68. The second-order valence-electron chi connectivity index (χ2n) is 8.60. The van der Waals surface area contributed by atoms with Gasteiger partial charge in [-0.15, -0.1) is 0 Å². The van der Waals surface area contributed by atoms with Gasteiger partial charge in [0.25, 0.3) is 5.91 Å². The number of carbonyl (C=O) groups is 2. The van der Waals surface area contributed by atoms with E-state index in [0.29, 0.717) is 6.42 Å². The van der Waals surface area contributed by atoms with Gasteiger partial charge in [0.2, 0.25) is 5.91 Å². The highest BCUT2D eigenvalue weighted by atomic mass is 19.1. The predicted molar refractivity (Wildman–Crippen MR) is 131 cm³/mol. The van der Waals surface area contributed by atoms with Crippen LogP contribution in [0.3, 0.4) is 0 Å². The van der Waals surface area contributed by atoms with Crippen molar-refractivity contribution in [2.45, 2.75) is 45.8 Å². The fraction of sp³-hybridized carbons (Fsp3) is 0.286. The third-order valence-electron chi connectivity index (χ3n) is 5.36. The quantitative estimate of drug-likeness (QED) is 0.476. The molecule has 0 aliphatic carbocycles. The fourth-order valence-electron chi connectivity index (χ4n) is 3.61. The number of ether oxygens (including phenoxy) is 1. The molecule has 178 valence electrons. The summed E-state index contributed by atoms with van der Waals surface area (Å²) in [4.78, 5) is 28.2. The van der Waals surface area contributed by atoms with Gasteiger partial charge in [-0.25, -0.2) is 4.39 Å². The number of hydrogen-bond acceptors (Lipinski definition) is 3. The SMILES string of the molecule is Cc1ccc(CN(C(=O)COc2ccccc2F)[C@@H](Cc2ccccc2)C(=O)NC(C)C)cc1. The van der Waals surface area contributed by atoms with Crippen molar-refractivity contribution in [3.63, 3.8) is 0 Å². The summed E-state index contributed by atoms with van der Waals surface area (Å²) in [7, 11) is 0. The van der Waals surface area contributed by atoms with Gasteiger partial charge in [0.1, 0.15) is 6.04 Å². The first-order chi connectivity index (χ1) is 16.3. The number of carbonyl (C=O) groups excluding carboxylic acids is 2. The minimum atomic E-state index is -0.761. The lowest BCUT2D eigenvalue weighted by atomic mass is 10.0. The van der Waals surface area contributed by atoms with Crippen LogP contribution in [0.15, 0.2) is 78.9 Å². The highest BCUT2D eigenvalue weighted by Crippen LogP contribution is 2.18. The van der Waals surface area contributed by atoms with Crippen LogP contribution in [0.4, 0.5) is 4.39 Å². The van der Waals surface area contributed by atoms with E-state index in [9.17, 15) is 14.0 Å². The summed E-state index contributed by atoms with van der Waals surface area (Å²) in [5, 5.41) is 2.94. The molecule has 0 fully saturated rings. The minimum absolute atomic E-state index is 0.00243. The third kappa shape index (κ3) is 7.17. The first kappa shape index (κ1) is 25.0. The monoisotopic (exact) mass is 462 g/mol. The van der Waals surface area contributed by atoms with Gasteiger partial charge in [0, 0.05) is 19.0 Å². The summed E-state index contributed by atoms with van der Waals surface area (Å²) < 4.78 is 19.5. The molecule has 0 spiro atoms. The van der Waals surface area contributed by atoms with E-state index in [1.807, 2.05) is 75.4 Å². The minimum Gasteiger partial charge on any atom is -0.481 e. The molecule has 6 heteroatoms. The summed E-state index contributed by atoms with van der Waals surface area (Å²) in [5.41, 5.74) is 2.92. The Balaban J connectivity index is 1.91. The first-order valence-corrected chi connectivity index (χ1v) is 11.4. The maximum absolute atomic E-state index is 14.0. The van der Waals surface area contributed by atoms with Gasteiger partial charge in [-0.2, -0.15) is 0 Å². The van der Waals surface area contributed by atoms with Crippen LogP contribution < -0.4 is 10.1 Å². The fourth-order valence-corrected chi connectivity index (χ4v) is 3.61. The van der Waals surface area contributed by atoms with Crippen LogP contribution in [0.1, 0.15) is 30.5 Å². The Morgan fingerprint density at radius 2 is 1.56 bits per heavy atom. The zero-order valence-corrected chi connectivity index (χ0v) is 19.8. The molecule has 0 bridgehead atoms. The number of nitrogens with zero attached hydrogens (tertiary/aromatic N) is 1. The second-order valence-corrected chi connectivity index (χ2v) is 8.60. The van der Waals surface area contributed by atoms with E-state index < -0.39 is 17.8 Å². The molecule has 0 saturated heterocycles. The maximum Gasteiger partial charge on any atom is 0.261 e. The lowest BCUT2D eigenvalue weighted by Gasteiger charge is -2.32. The smallest absolute Gasteiger partial charge is 0.261 e. The molecule has 1 atom stereocenters. The number of para-hydroxylation sites is 1. The average molecular weight is 463 g/mol. The number of hydrogen-bond donors (Lipinski definition) is 1. The Kier molecular flexibility index (Phi) is 8.79. The van der Waals surface area contributed by atoms with Gasteiger partial charge in [0.15, 0.2) is 18.2 Å². The number of nitrogens with one attached hydrogen (secondary N) is 1. The van der Waals surface area contributed by atoms with Crippen molar-refractivity contribution in [3.05, 3.63) is 101 Å². The second kappa shape index (κ2) is 12.0. The molecule has 3 rings (SSSR count). The number of rotatable bonds is 10. The molecular weight excluding hydrogens is 431 g/mol. The Labute approximate surface area is 200 Å². The molecule has 0 aromatic heterocycles. The topological polar surface area (TPSA) is 58.6 Å². The first-order valence-electron chi connectivity index (χ1n) is 11.4. The van der Waals surface area contributed by atoms with Crippen molar-refractivity contribution >= 4 is 11.8 Å². The van der Waals surface area contributed by atoms with Crippen molar-refractivity contribution in [2.75, 3.05) is 6.61 Å². The van der Waals surface area contributed by atoms with Crippen molar-refractivity contribution in [1.29, 1.82) is 0 Å². The standard InChI is InChI=1S/C28H31FN2O3/c1-20(2)30-28(33)25(17-22-9-5-4-6-10-22)31(18-23-15-13-21(3)14-16-23)27(32)19-34-26-12-8-7-11-24(26)29/h4-16,20,25H,17-19H2,1-3H3,(H,30,33)/t25-/m0/s1. The summed E-state index contributed by atoms with van der Waals surface area (Å²) in [6.45, 7) is 5.59. The van der Waals surface area contributed by atoms with E-state index in [1.165, 1.54) is 17.0 Å². The van der Waals surface area contributed by atoms with Crippen LogP contribution in [0.5, 0.6) is 5.75 Å². The molecule has 3 aromatic rings. The van der Waals surface area contributed by atoms with Crippen molar-refractivity contribution in [3.8, 4) is 5.75 Å². The van der Waals surface area contributed by atoms with E-state index in [4.69, 9.17) is 4.74 Å². The van der Waals surface area contributed by atoms with E-state index in [-0.39, 0.29) is 30.9 Å². The molecule has 0 aliphatic heterocycles. The molecule has 0 radical (unpaired) electrons. The average Bonchev–Trinajstić information content (AvgIpc) is 2.82. The van der Waals surface area contributed by atoms with Crippen LogP contribution in [0, 0.1) is 12.7 Å². The van der Waals surface area contributed by atoms with E-state index in [1.54, 1.807) is 12.1 Å². The van der Waals surface area contributed by atoms with Gasteiger partial charge in [0.05, 0.1) is 0 Å². The van der Waals surface area contributed by atoms with Crippen molar-refractivity contribution < 1.29 is 18.7 Å². The van der Waals surface area contributed by atoms with E-state index in [2.05, 4.69) is 5.32 Å². The number of amides is 2. The van der Waals surface area contributed by atoms with Crippen LogP contribution in [-0.4, -0.2) is 35.4 Å². The molecular formula is C28H31FN2O3. The Hall–Kier alpha value is -3.67. The van der Waals surface area contributed by atoms with Gasteiger partial charge in [-0.05, 0) is 44.0 Å². The number of benzene rings is 3. The van der Waals surface area contributed by atoms with Crippen molar-refractivity contribution in [1.82, 2.24) is 10.2 Å². The molecule has 34 heavy (non-hydrogen) atoms. The van der Waals surface area contributed by atoms with Gasteiger partial charge in [-0.1, -0.05) is 72.3 Å². The van der Waals surface area contributed by atoms with Crippen molar-refractivity contribution in [2.24, 2.45) is 0 Å². The van der Waals surface area contributed by atoms with E-state index in [0.717, 1.165) is 16.7 Å². The molecule has 3 aromatic carbocycles. The van der Waals surface area contributed by atoms with E-state index >= 15 is 0 Å².